The third-order valence-corrected chi connectivity index (χ3v) is 4.02. The van der Waals surface area contributed by atoms with Gasteiger partial charge in [-0.3, -0.25) is 0 Å². The molecule has 2 nitrogen and oxygen atoms in total. The van der Waals surface area contributed by atoms with Gasteiger partial charge in [-0.15, -0.1) is 0 Å². The summed E-state index contributed by atoms with van der Waals surface area (Å²) in [7, 11) is 4.00. The number of likely N-dealkylation sites (N-methyl/N-ethyl adjacent to an activating group) is 1. The predicted octanol–water partition coefficient (Wildman–Crippen LogP) is 2.89. The van der Waals surface area contributed by atoms with Gasteiger partial charge in [0, 0.05) is 12.1 Å². The van der Waals surface area contributed by atoms with Gasteiger partial charge in [0.1, 0.15) is 5.75 Å². The van der Waals surface area contributed by atoms with E-state index in [0.717, 1.165) is 18.6 Å². The monoisotopic (exact) mass is 233 g/mol. The van der Waals surface area contributed by atoms with Crippen molar-refractivity contribution in [2.75, 3.05) is 14.2 Å². The van der Waals surface area contributed by atoms with Crippen LogP contribution in [0.4, 0.5) is 0 Å². The Hall–Kier alpha value is -1.02. The Bertz CT molecular complexity index is 387. The van der Waals surface area contributed by atoms with Gasteiger partial charge < -0.3 is 9.64 Å². The highest BCUT2D eigenvalue weighted by Gasteiger charge is 2.24. The minimum Gasteiger partial charge on any atom is -0.496 e. The van der Waals surface area contributed by atoms with Crippen LogP contribution in [-0.2, 0) is 12.8 Å². The molecule has 0 amide bonds. The molecular weight excluding hydrogens is 210 g/mol. The van der Waals surface area contributed by atoms with Gasteiger partial charge in [0.25, 0.3) is 0 Å². The highest BCUT2D eigenvalue weighted by molar-refractivity contribution is 5.42. The molecule has 2 heteroatoms. The van der Waals surface area contributed by atoms with Crippen molar-refractivity contribution in [2.45, 2.75) is 45.2 Å². The minimum absolute atomic E-state index is 0.618. The van der Waals surface area contributed by atoms with E-state index < -0.39 is 0 Å². The smallest absolute Gasteiger partial charge is 0.122 e. The number of nitrogens with zero attached hydrogens (tertiary/aromatic N) is 1. The molecule has 1 aliphatic rings. The van der Waals surface area contributed by atoms with Gasteiger partial charge >= 0.3 is 0 Å². The van der Waals surface area contributed by atoms with E-state index in [0.29, 0.717) is 12.1 Å². The van der Waals surface area contributed by atoms with E-state index in [1.165, 1.54) is 17.5 Å². The molecule has 0 heterocycles. The van der Waals surface area contributed by atoms with E-state index in [2.05, 4.69) is 44.0 Å². The summed E-state index contributed by atoms with van der Waals surface area (Å²) in [6.45, 7) is 4.53. The highest BCUT2D eigenvalue weighted by atomic mass is 16.5. The van der Waals surface area contributed by atoms with Gasteiger partial charge in [-0.2, -0.15) is 0 Å². The topological polar surface area (TPSA) is 12.5 Å². The zero-order chi connectivity index (χ0) is 12.4. The highest BCUT2D eigenvalue weighted by Crippen LogP contribution is 2.31. The molecule has 2 rings (SSSR count). The predicted molar refractivity (Wildman–Crippen MR) is 71.7 cm³/mol. The molecule has 0 bridgehead atoms. The van der Waals surface area contributed by atoms with Crippen LogP contribution < -0.4 is 4.74 Å². The Labute approximate surface area is 105 Å². The van der Waals surface area contributed by atoms with E-state index in [4.69, 9.17) is 4.74 Å². The van der Waals surface area contributed by atoms with Crippen LogP contribution in [0, 0.1) is 0 Å². The summed E-state index contributed by atoms with van der Waals surface area (Å²) < 4.78 is 5.44. The Morgan fingerprint density at radius 2 is 2.12 bits per heavy atom. The fourth-order valence-electron chi connectivity index (χ4n) is 2.71. The van der Waals surface area contributed by atoms with Crippen LogP contribution in [-0.4, -0.2) is 31.1 Å². The van der Waals surface area contributed by atoms with E-state index in [9.17, 15) is 0 Å². The first-order chi connectivity index (χ1) is 8.13. The van der Waals surface area contributed by atoms with Gasteiger partial charge in [0.15, 0.2) is 0 Å². The average molecular weight is 233 g/mol. The number of rotatable bonds is 3. The number of fused-ring (bicyclic) bond motifs is 1. The van der Waals surface area contributed by atoms with Gasteiger partial charge in [-0.25, -0.2) is 0 Å². The minimum atomic E-state index is 0.618. The van der Waals surface area contributed by atoms with Crippen molar-refractivity contribution in [3.8, 4) is 5.75 Å². The second-order valence-electron chi connectivity index (χ2n) is 5.25. The maximum absolute atomic E-state index is 5.44. The van der Waals surface area contributed by atoms with E-state index in [-0.39, 0.29) is 0 Å². The lowest BCUT2D eigenvalue weighted by atomic mass is 9.86. The Kier molecular flexibility index (Phi) is 3.72. The third kappa shape index (κ3) is 2.47. The summed E-state index contributed by atoms with van der Waals surface area (Å²) in [5, 5.41) is 0. The molecule has 0 fully saturated rings. The van der Waals surface area contributed by atoms with Crippen LogP contribution in [0.1, 0.15) is 31.4 Å². The molecule has 1 aromatic carbocycles. The first-order valence-corrected chi connectivity index (χ1v) is 6.50. The summed E-state index contributed by atoms with van der Waals surface area (Å²) in [4.78, 5) is 2.49. The van der Waals surface area contributed by atoms with Crippen molar-refractivity contribution in [1.29, 1.82) is 0 Å². The quantitative estimate of drug-likeness (QED) is 0.796. The summed E-state index contributed by atoms with van der Waals surface area (Å²) >= 11 is 0. The lowest BCUT2D eigenvalue weighted by molar-refractivity contribution is 0.178. The van der Waals surface area contributed by atoms with Crippen molar-refractivity contribution >= 4 is 0 Å². The van der Waals surface area contributed by atoms with E-state index in [1.807, 2.05) is 0 Å². The van der Waals surface area contributed by atoms with Crippen molar-refractivity contribution in [2.24, 2.45) is 0 Å². The van der Waals surface area contributed by atoms with Crippen LogP contribution >= 0.6 is 0 Å². The van der Waals surface area contributed by atoms with Crippen molar-refractivity contribution in [3.05, 3.63) is 29.3 Å². The van der Waals surface area contributed by atoms with E-state index >= 15 is 0 Å². The Morgan fingerprint density at radius 1 is 1.35 bits per heavy atom. The van der Waals surface area contributed by atoms with Gasteiger partial charge in [-0.05, 0) is 57.4 Å². The maximum Gasteiger partial charge on any atom is 0.122 e. The van der Waals surface area contributed by atoms with Crippen molar-refractivity contribution in [1.82, 2.24) is 4.90 Å². The molecule has 0 aromatic heterocycles. The second kappa shape index (κ2) is 5.09. The molecule has 1 aromatic rings. The molecule has 1 atom stereocenters. The summed E-state index contributed by atoms with van der Waals surface area (Å²) in [6, 6.07) is 7.72. The molecule has 0 radical (unpaired) electrons. The van der Waals surface area contributed by atoms with Crippen molar-refractivity contribution in [3.63, 3.8) is 0 Å². The summed E-state index contributed by atoms with van der Waals surface area (Å²) in [5.41, 5.74) is 2.89. The van der Waals surface area contributed by atoms with Crippen LogP contribution in [0.2, 0.25) is 0 Å². The standard InChI is InChI=1S/C15H23NO/c1-11(2)16(3)13-8-9-14-12(10-13)6-5-7-15(14)17-4/h5-7,11,13H,8-10H2,1-4H3. The zero-order valence-electron chi connectivity index (χ0n) is 11.4. The van der Waals surface area contributed by atoms with Crippen LogP contribution in [0.15, 0.2) is 18.2 Å². The molecule has 17 heavy (non-hydrogen) atoms. The van der Waals surface area contributed by atoms with Gasteiger partial charge in [0.2, 0.25) is 0 Å². The first-order valence-electron chi connectivity index (χ1n) is 6.50. The van der Waals surface area contributed by atoms with Crippen LogP contribution in [0.25, 0.3) is 0 Å². The largest absolute Gasteiger partial charge is 0.496 e. The van der Waals surface area contributed by atoms with Crippen LogP contribution in [0.3, 0.4) is 0 Å². The molecule has 1 aliphatic carbocycles. The average Bonchev–Trinajstić information content (AvgIpc) is 2.36. The molecular formula is C15H23NO. The number of hydrogen-bond acceptors (Lipinski definition) is 2. The summed E-state index contributed by atoms with van der Waals surface area (Å²) in [6.07, 6.45) is 3.53. The molecule has 1 unspecified atom stereocenters. The van der Waals surface area contributed by atoms with Gasteiger partial charge in [0.05, 0.1) is 7.11 Å². The normalized spacial score (nSPS) is 19.5. The molecule has 0 saturated heterocycles. The van der Waals surface area contributed by atoms with E-state index in [1.54, 1.807) is 7.11 Å². The zero-order valence-corrected chi connectivity index (χ0v) is 11.4. The molecule has 0 saturated carbocycles. The van der Waals surface area contributed by atoms with Crippen molar-refractivity contribution < 1.29 is 4.74 Å². The fraction of sp³-hybridized carbons (Fsp3) is 0.600. The van der Waals surface area contributed by atoms with Crippen LogP contribution in [0.5, 0.6) is 5.75 Å². The van der Waals surface area contributed by atoms with Gasteiger partial charge in [-0.1, -0.05) is 12.1 Å². The number of benzene rings is 1. The molecule has 0 N–H and O–H groups in total. The number of ether oxygens (including phenoxy) is 1. The molecule has 94 valence electrons. The lowest BCUT2D eigenvalue weighted by Crippen LogP contribution is -2.40. The molecule has 0 aliphatic heterocycles. The Morgan fingerprint density at radius 3 is 2.76 bits per heavy atom. The Balaban J connectivity index is 2.19. The number of methoxy groups -OCH3 is 1. The summed E-state index contributed by atoms with van der Waals surface area (Å²) in [5.74, 6) is 1.06. The second-order valence-corrected chi connectivity index (χ2v) is 5.25. The molecule has 0 spiro atoms. The lowest BCUT2D eigenvalue weighted by Gasteiger charge is -2.35. The number of hydrogen-bond donors (Lipinski definition) is 0. The SMILES string of the molecule is COc1cccc2c1CCC(N(C)C(C)C)C2. The third-order valence-electron chi connectivity index (χ3n) is 4.02. The fourth-order valence-corrected chi connectivity index (χ4v) is 2.71. The first kappa shape index (κ1) is 12.4. The maximum atomic E-state index is 5.44.